The molecular weight excluding hydrogens is 368 g/mol. The number of hydrogen-bond donors (Lipinski definition) is 0. The molecule has 0 bridgehead atoms. The number of fused-ring (bicyclic) bond motifs is 4. The van der Waals surface area contributed by atoms with E-state index in [1.165, 1.54) is 11.3 Å². The van der Waals surface area contributed by atoms with E-state index in [-0.39, 0.29) is 0 Å². The highest BCUT2D eigenvalue weighted by molar-refractivity contribution is 9.10. The Balaban J connectivity index is 1.82. The molecule has 0 saturated heterocycles. The van der Waals surface area contributed by atoms with E-state index in [4.69, 9.17) is 4.98 Å². The smallest absolute Gasteiger partial charge is 0.257 e. The minimum Gasteiger partial charge on any atom is -0.324 e. The van der Waals surface area contributed by atoms with E-state index < -0.39 is 0 Å². The van der Waals surface area contributed by atoms with Crippen molar-refractivity contribution in [3.63, 3.8) is 0 Å². The SMILES string of the molecule is Brc1cccc2c1CCCN2c1nc2nncn2c2cccnc12. The molecule has 0 fully saturated rings. The number of hydrogen-bond acceptors (Lipinski definition) is 5. The summed E-state index contributed by atoms with van der Waals surface area (Å²) in [6.07, 6.45) is 5.61. The molecule has 0 atom stereocenters. The van der Waals surface area contributed by atoms with Gasteiger partial charge in [-0.15, -0.1) is 10.2 Å². The van der Waals surface area contributed by atoms with Gasteiger partial charge in [0.15, 0.2) is 5.82 Å². The summed E-state index contributed by atoms with van der Waals surface area (Å²) in [5.41, 5.74) is 4.32. The van der Waals surface area contributed by atoms with Gasteiger partial charge >= 0.3 is 0 Å². The lowest BCUT2D eigenvalue weighted by Crippen LogP contribution is -2.26. The van der Waals surface area contributed by atoms with Crippen molar-refractivity contribution in [3.05, 3.63) is 52.9 Å². The van der Waals surface area contributed by atoms with Crippen LogP contribution in [0.5, 0.6) is 0 Å². The quantitative estimate of drug-likeness (QED) is 0.505. The number of rotatable bonds is 1. The Hall–Kier alpha value is -2.54. The van der Waals surface area contributed by atoms with Crippen molar-refractivity contribution < 1.29 is 0 Å². The molecule has 3 aromatic heterocycles. The highest BCUT2D eigenvalue weighted by Crippen LogP contribution is 2.38. The van der Waals surface area contributed by atoms with Crippen molar-refractivity contribution in [2.24, 2.45) is 0 Å². The van der Waals surface area contributed by atoms with E-state index in [1.54, 1.807) is 12.5 Å². The molecule has 1 aliphatic rings. The Morgan fingerprint density at radius 3 is 3.04 bits per heavy atom. The van der Waals surface area contributed by atoms with Gasteiger partial charge in [-0.3, -0.25) is 9.38 Å². The Kier molecular flexibility index (Phi) is 3.02. The van der Waals surface area contributed by atoms with E-state index in [1.807, 2.05) is 16.5 Å². The van der Waals surface area contributed by atoms with Crippen molar-refractivity contribution in [1.29, 1.82) is 0 Å². The lowest BCUT2D eigenvalue weighted by Gasteiger charge is -2.31. The van der Waals surface area contributed by atoms with Crippen LogP contribution in [0.2, 0.25) is 0 Å². The fraction of sp³-hybridized carbons (Fsp3) is 0.176. The van der Waals surface area contributed by atoms with Crippen LogP contribution in [0.3, 0.4) is 0 Å². The van der Waals surface area contributed by atoms with Crippen LogP contribution < -0.4 is 4.90 Å². The van der Waals surface area contributed by atoms with Crippen molar-refractivity contribution in [2.75, 3.05) is 11.4 Å². The molecule has 1 aliphatic heterocycles. The molecule has 0 saturated carbocycles. The maximum atomic E-state index is 4.75. The Morgan fingerprint density at radius 2 is 2.08 bits per heavy atom. The van der Waals surface area contributed by atoms with E-state index in [0.29, 0.717) is 5.78 Å². The molecule has 118 valence electrons. The van der Waals surface area contributed by atoms with Crippen LogP contribution in [0.4, 0.5) is 11.5 Å². The Morgan fingerprint density at radius 1 is 1.12 bits per heavy atom. The minimum absolute atomic E-state index is 0.590. The standard InChI is InChI=1S/C17H13BrN6/c18-12-5-1-6-13-11(12)4-3-9-23(13)16-15-14(7-2-8-19-15)24-10-20-22-17(24)21-16/h1-2,5-8,10H,3-4,9H2. The third-order valence-electron chi connectivity index (χ3n) is 4.44. The normalized spacial score (nSPS) is 14.3. The van der Waals surface area contributed by atoms with E-state index >= 15 is 0 Å². The van der Waals surface area contributed by atoms with Gasteiger partial charge in [-0.2, -0.15) is 4.98 Å². The molecular formula is C17H13BrN6. The zero-order valence-corrected chi connectivity index (χ0v) is 14.3. The van der Waals surface area contributed by atoms with Crippen LogP contribution >= 0.6 is 15.9 Å². The zero-order chi connectivity index (χ0) is 16.1. The lowest BCUT2D eigenvalue weighted by atomic mass is 10.0. The van der Waals surface area contributed by atoms with Gasteiger partial charge in [-0.25, -0.2) is 0 Å². The maximum absolute atomic E-state index is 4.75. The predicted octanol–water partition coefficient (Wildman–Crippen LogP) is 3.52. The molecule has 0 spiro atoms. The molecule has 0 aliphatic carbocycles. The van der Waals surface area contributed by atoms with Gasteiger partial charge in [0.1, 0.15) is 11.8 Å². The number of halogens is 1. The summed E-state index contributed by atoms with van der Waals surface area (Å²) in [5, 5.41) is 8.13. The van der Waals surface area contributed by atoms with Gasteiger partial charge in [0.2, 0.25) is 0 Å². The highest BCUT2D eigenvalue weighted by Gasteiger charge is 2.24. The molecule has 0 N–H and O–H groups in total. The Labute approximate surface area is 146 Å². The van der Waals surface area contributed by atoms with Crippen LogP contribution in [0.15, 0.2) is 47.3 Å². The first-order chi connectivity index (χ1) is 11.8. The van der Waals surface area contributed by atoms with E-state index in [9.17, 15) is 0 Å². The molecule has 24 heavy (non-hydrogen) atoms. The fourth-order valence-electron chi connectivity index (χ4n) is 3.38. The summed E-state index contributed by atoms with van der Waals surface area (Å²) in [7, 11) is 0. The van der Waals surface area contributed by atoms with E-state index in [0.717, 1.165) is 40.7 Å². The number of anilines is 2. The monoisotopic (exact) mass is 380 g/mol. The summed E-state index contributed by atoms with van der Waals surface area (Å²) in [5.74, 6) is 1.43. The highest BCUT2D eigenvalue weighted by atomic mass is 79.9. The summed E-state index contributed by atoms with van der Waals surface area (Å²) in [6, 6.07) is 10.2. The van der Waals surface area contributed by atoms with Crippen LogP contribution in [0.25, 0.3) is 16.8 Å². The second kappa shape index (κ2) is 5.24. The minimum atomic E-state index is 0.590. The van der Waals surface area contributed by atoms with Gasteiger partial charge in [0.25, 0.3) is 5.78 Å². The number of nitrogens with zero attached hydrogens (tertiary/aromatic N) is 6. The van der Waals surface area contributed by atoms with E-state index in [2.05, 4.69) is 54.2 Å². The lowest BCUT2D eigenvalue weighted by molar-refractivity contribution is 0.758. The van der Waals surface area contributed by atoms with Crippen LogP contribution in [0, 0.1) is 0 Å². The van der Waals surface area contributed by atoms with Crippen molar-refractivity contribution >= 4 is 44.2 Å². The number of pyridine rings is 1. The molecule has 6 nitrogen and oxygen atoms in total. The summed E-state index contributed by atoms with van der Waals surface area (Å²) < 4.78 is 3.02. The molecule has 7 heteroatoms. The van der Waals surface area contributed by atoms with Gasteiger partial charge in [-0.05, 0) is 42.7 Å². The first-order valence-electron chi connectivity index (χ1n) is 7.82. The molecule has 0 radical (unpaired) electrons. The maximum Gasteiger partial charge on any atom is 0.257 e. The predicted molar refractivity (Wildman–Crippen MR) is 95.6 cm³/mol. The first kappa shape index (κ1) is 13.9. The third-order valence-corrected chi connectivity index (χ3v) is 5.19. The molecule has 1 aromatic carbocycles. The summed E-state index contributed by atoms with van der Waals surface area (Å²) >= 11 is 3.68. The van der Waals surface area contributed by atoms with Crippen molar-refractivity contribution in [3.8, 4) is 0 Å². The van der Waals surface area contributed by atoms with Gasteiger partial charge < -0.3 is 4.90 Å². The molecule has 0 amide bonds. The molecule has 4 aromatic rings. The first-order valence-corrected chi connectivity index (χ1v) is 8.61. The fourth-order valence-corrected chi connectivity index (χ4v) is 3.93. The number of aromatic nitrogens is 5. The van der Waals surface area contributed by atoms with Crippen LogP contribution in [-0.2, 0) is 6.42 Å². The molecule has 5 rings (SSSR count). The topological polar surface area (TPSA) is 59.2 Å². The summed E-state index contributed by atoms with van der Waals surface area (Å²) in [4.78, 5) is 11.6. The number of benzene rings is 1. The Bertz CT molecular complexity index is 1070. The van der Waals surface area contributed by atoms with Crippen LogP contribution in [-0.4, -0.2) is 31.1 Å². The average Bonchev–Trinajstić information content (AvgIpc) is 3.10. The largest absolute Gasteiger partial charge is 0.324 e. The van der Waals surface area contributed by atoms with Gasteiger partial charge in [0.05, 0.1) is 5.52 Å². The van der Waals surface area contributed by atoms with Crippen molar-refractivity contribution in [2.45, 2.75) is 12.8 Å². The third kappa shape index (κ3) is 1.94. The molecule has 0 unspecified atom stereocenters. The zero-order valence-electron chi connectivity index (χ0n) is 12.7. The van der Waals surface area contributed by atoms with Gasteiger partial charge in [0, 0.05) is 22.9 Å². The van der Waals surface area contributed by atoms with Gasteiger partial charge in [-0.1, -0.05) is 22.0 Å². The van der Waals surface area contributed by atoms with Crippen LogP contribution in [0.1, 0.15) is 12.0 Å². The summed E-state index contributed by atoms with van der Waals surface area (Å²) in [6.45, 7) is 0.909. The van der Waals surface area contributed by atoms with Crippen molar-refractivity contribution in [1.82, 2.24) is 24.6 Å². The second-order valence-electron chi connectivity index (χ2n) is 5.80. The molecule has 4 heterocycles. The second-order valence-corrected chi connectivity index (χ2v) is 6.65. The average molecular weight is 381 g/mol.